The summed E-state index contributed by atoms with van der Waals surface area (Å²) in [6.07, 6.45) is 4.44. The summed E-state index contributed by atoms with van der Waals surface area (Å²) in [6.45, 7) is 0. The summed E-state index contributed by atoms with van der Waals surface area (Å²) in [5.74, 6) is -0.122. The first-order valence-corrected chi connectivity index (χ1v) is 15.5. The number of para-hydroxylation sites is 2. The number of nitriles is 3. The predicted molar refractivity (Wildman–Crippen MR) is 187 cm³/mol. The third-order valence-electron chi connectivity index (χ3n) is 9.22. The Morgan fingerprint density at radius 1 is 0.708 bits per heavy atom. The fourth-order valence-corrected chi connectivity index (χ4v) is 7.10. The van der Waals surface area contributed by atoms with Crippen LogP contribution in [0.25, 0.3) is 77.3 Å². The van der Waals surface area contributed by atoms with E-state index in [2.05, 4.69) is 53.1 Å². The zero-order chi connectivity index (χ0) is 32.4. The van der Waals surface area contributed by atoms with Crippen LogP contribution in [0.15, 0.2) is 120 Å². The number of hydrogen-bond donors (Lipinski definition) is 0. The SMILES string of the molecule is N#Cc1cc(C#N)c2nc(-c3ccccc3)nc(C3=CC=C(n4c5ccccc5c5ccc6oc7ccccc7c6c54)CC3C#N)c2c1. The van der Waals surface area contributed by atoms with Crippen LogP contribution in [-0.2, 0) is 0 Å². The summed E-state index contributed by atoms with van der Waals surface area (Å²) in [6, 6.07) is 40.3. The normalized spacial score (nSPS) is 14.6. The molecule has 0 N–H and O–H groups in total. The van der Waals surface area contributed by atoms with Crippen LogP contribution in [-0.4, -0.2) is 14.5 Å². The van der Waals surface area contributed by atoms with Gasteiger partial charge in [0.05, 0.1) is 56.8 Å². The molecule has 0 fully saturated rings. The lowest BCUT2D eigenvalue weighted by Crippen LogP contribution is -2.12. The number of hydrogen-bond acceptors (Lipinski definition) is 6. The second kappa shape index (κ2) is 10.5. The second-order valence-electron chi connectivity index (χ2n) is 11.9. The summed E-state index contributed by atoms with van der Waals surface area (Å²) >= 11 is 0. The average molecular weight is 615 g/mol. The number of fused-ring (bicyclic) bond motifs is 8. The van der Waals surface area contributed by atoms with Crippen molar-refractivity contribution >= 4 is 65.9 Å². The zero-order valence-electron chi connectivity index (χ0n) is 25.3. The van der Waals surface area contributed by atoms with Crippen molar-refractivity contribution in [2.75, 3.05) is 0 Å². The topological polar surface area (TPSA) is 115 Å². The first kappa shape index (κ1) is 27.3. The van der Waals surface area contributed by atoms with Crippen molar-refractivity contribution in [2.45, 2.75) is 6.42 Å². The molecule has 0 aliphatic heterocycles. The van der Waals surface area contributed by atoms with Gasteiger partial charge in [-0.1, -0.05) is 72.8 Å². The van der Waals surface area contributed by atoms with Gasteiger partial charge in [0, 0.05) is 39.2 Å². The minimum atomic E-state index is -0.570. The van der Waals surface area contributed by atoms with E-state index in [0.29, 0.717) is 40.0 Å². The maximum atomic E-state index is 10.7. The van der Waals surface area contributed by atoms with E-state index in [9.17, 15) is 15.8 Å². The van der Waals surface area contributed by atoms with Gasteiger partial charge >= 0.3 is 0 Å². The molecular weight excluding hydrogens is 592 g/mol. The van der Waals surface area contributed by atoms with Gasteiger partial charge in [-0.2, -0.15) is 15.8 Å². The molecule has 0 radical (unpaired) electrons. The fraction of sp³-hybridized carbons (Fsp3) is 0.0488. The minimum Gasteiger partial charge on any atom is -0.456 e. The number of aromatic nitrogens is 3. The first-order chi connectivity index (χ1) is 23.7. The van der Waals surface area contributed by atoms with Crippen molar-refractivity contribution in [3.05, 3.63) is 132 Å². The van der Waals surface area contributed by atoms with Crippen molar-refractivity contribution in [2.24, 2.45) is 5.92 Å². The Balaban J connectivity index is 1.33. The van der Waals surface area contributed by atoms with E-state index < -0.39 is 5.92 Å². The molecule has 0 saturated heterocycles. The van der Waals surface area contributed by atoms with Crippen LogP contribution in [0.4, 0.5) is 0 Å². The van der Waals surface area contributed by atoms with E-state index in [1.54, 1.807) is 12.1 Å². The number of rotatable bonds is 3. The van der Waals surface area contributed by atoms with Gasteiger partial charge in [0.25, 0.3) is 0 Å². The Kier molecular flexibility index (Phi) is 5.99. The molecule has 7 heteroatoms. The van der Waals surface area contributed by atoms with E-state index >= 15 is 0 Å². The van der Waals surface area contributed by atoms with E-state index in [4.69, 9.17) is 14.4 Å². The van der Waals surface area contributed by atoms with Crippen molar-refractivity contribution in [1.29, 1.82) is 15.8 Å². The zero-order valence-corrected chi connectivity index (χ0v) is 25.3. The number of benzene rings is 5. The smallest absolute Gasteiger partial charge is 0.160 e. The molecule has 1 aliphatic rings. The van der Waals surface area contributed by atoms with Crippen molar-refractivity contribution in [3.63, 3.8) is 0 Å². The Labute approximate surface area is 274 Å². The van der Waals surface area contributed by atoms with Crippen LogP contribution in [0.1, 0.15) is 23.2 Å². The molecule has 0 bridgehead atoms. The summed E-state index contributed by atoms with van der Waals surface area (Å²) < 4.78 is 8.55. The molecular formula is C41H22N6O. The molecule has 7 nitrogen and oxygen atoms in total. The third-order valence-corrected chi connectivity index (χ3v) is 9.22. The highest BCUT2D eigenvalue weighted by atomic mass is 16.3. The minimum absolute atomic E-state index is 0.285. The average Bonchev–Trinajstić information content (AvgIpc) is 3.70. The number of nitrogens with zero attached hydrogens (tertiary/aromatic N) is 6. The van der Waals surface area contributed by atoms with Crippen LogP contribution in [0.2, 0.25) is 0 Å². The lowest BCUT2D eigenvalue weighted by Gasteiger charge is -2.23. The largest absolute Gasteiger partial charge is 0.456 e. The molecule has 0 amide bonds. The Bertz CT molecular complexity index is 2850. The van der Waals surface area contributed by atoms with Gasteiger partial charge < -0.3 is 8.98 Å². The van der Waals surface area contributed by atoms with Crippen molar-refractivity contribution in [1.82, 2.24) is 14.5 Å². The van der Waals surface area contributed by atoms with Gasteiger partial charge in [0.15, 0.2) is 5.82 Å². The molecule has 3 heterocycles. The highest BCUT2D eigenvalue weighted by Crippen LogP contribution is 2.44. The highest BCUT2D eigenvalue weighted by Gasteiger charge is 2.28. The lowest BCUT2D eigenvalue weighted by atomic mass is 9.86. The quantitative estimate of drug-likeness (QED) is 0.196. The summed E-state index contributed by atoms with van der Waals surface area (Å²) in [5.41, 5.74) is 7.78. The monoisotopic (exact) mass is 614 g/mol. The van der Waals surface area contributed by atoms with Crippen LogP contribution >= 0.6 is 0 Å². The van der Waals surface area contributed by atoms with Gasteiger partial charge in [-0.15, -0.1) is 0 Å². The van der Waals surface area contributed by atoms with Crippen LogP contribution in [0, 0.1) is 39.9 Å². The summed E-state index contributed by atoms with van der Waals surface area (Å²) in [5, 5.41) is 35.4. The highest BCUT2D eigenvalue weighted by molar-refractivity contribution is 6.25. The van der Waals surface area contributed by atoms with Crippen LogP contribution < -0.4 is 0 Å². The molecule has 9 rings (SSSR count). The van der Waals surface area contributed by atoms with Crippen molar-refractivity contribution in [3.8, 4) is 29.6 Å². The van der Waals surface area contributed by atoms with Crippen LogP contribution in [0.3, 0.4) is 0 Å². The third kappa shape index (κ3) is 3.97. The summed E-state index contributed by atoms with van der Waals surface area (Å²) in [7, 11) is 0. The van der Waals surface area contributed by atoms with E-state index in [-0.39, 0.29) is 5.56 Å². The maximum Gasteiger partial charge on any atom is 0.160 e. The van der Waals surface area contributed by atoms with E-state index in [1.165, 1.54) is 0 Å². The Morgan fingerprint density at radius 2 is 1.50 bits per heavy atom. The molecule has 1 unspecified atom stereocenters. The molecule has 0 spiro atoms. The fourth-order valence-electron chi connectivity index (χ4n) is 7.10. The van der Waals surface area contributed by atoms with E-state index in [1.807, 2.05) is 72.8 Å². The maximum absolute atomic E-state index is 10.7. The summed E-state index contributed by atoms with van der Waals surface area (Å²) in [4.78, 5) is 9.79. The molecule has 1 atom stereocenters. The van der Waals surface area contributed by atoms with Gasteiger partial charge in [0.2, 0.25) is 0 Å². The molecule has 1 aliphatic carbocycles. The first-order valence-electron chi connectivity index (χ1n) is 15.5. The Hall–Kier alpha value is -7.01. The number of furan rings is 1. The standard InChI is InChI=1S/C41H22N6O/c42-21-24-18-27(23-44)38-33(19-24)39(46-41(45-38)25-8-2-1-3-9-25)29-15-14-28(20-26(29)22-43)47-34-12-6-4-10-30(34)31-16-17-36-37(40(31)47)32-11-5-7-13-35(32)48-36/h1-19,26H,20H2. The van der Waals surface area contributed by atoms with Gasteiger partial charge in [0.1, 0.15) is 17.2 Å². The van der Waals surface area contributed by atoms with Crippen molar-refractivity contribution < 1.29 is 4.42 Å². The Morgan fingerprint density at radius 3 is 2.31 bits per heavy atom. The molecule has 48 heavy (non-hydrogen) atoms. The van der Waals surface area contributed by atoms with Gasteiger partial charge in [-0.25, -0.2) is 9.97 Å². The lowest BCUT2D eigenvalue weighted by molar-refractivity contribution is 0.669. The van der Waals surface area contributed by atoms with Gasteiger partial charge in [-0.05, 0) is 48.0 Å². The molecule has 5 aromatic carbocycles. The molecule has 0 saturated carbocycles. The molecule has 3 aromatic heterocycles. The van der Waals surface area contributed by atoms with E-state index in [0.717, 1.165) is 55.0 Å². The van der Waals surface area contributed by atoms with Gasteiger partial charge in [-0.3, -0.25) is 0 Å². The molecule has 222 valence electrons. The second-order valence-corrected chi connectivity index (χ2v) is 11.9. The predicted octanol–water partition coefficient (Wildman–Crippen LogP) is 9.52. The molecule has 8 aromatic rings. The number of allylic oxidation sites excluding steroid dienone is 4. The van der Waals surface area contributed by atoms with Crippen LogP contribution in [0.5, 0.6) is 0 Å².